The number of hydrogen-bond donors (Lipinski definition) is 0. The summed E-state index contributed by atoms with van der Waals surface area (Å²) in [5.74, 6) is -0.140. The Labute approximate surface area is 99.0 Å². The smallest absolute Gasteiger partial charge is 0.339 e. The zero-order valence-electron chi connectivity index (χ0n) is 9.42. The molecule has 3 heteroatoms. The highest BCUT2D eigenvalue weighted by atomic mass is 16.7. The fraction of sp³-hybridized carbons (Fsp3) is 0.357. The van der Waals surface area contributed by atoms with Crippen molar-refractivity contribution in [2.45, 2.75) is 24.2 Å². The zero-order chi connectivity index (χ0) is 11.7. The van der Waals surface area contributed by atoms with Gasteiger partial charge in [-0.25, -0.2) is 4.79 Å². The molecule has 3 saturated heterocycles. The molecule has 0 aromatic heterocycles. The van der Waals surface area contributed by atoms with Crippen molar-refractivity contribution in [1.82, 2.24) is 0 Å². The molecule has 4 bridgehead atoms. The Morgan fingerprint density at radius 1 is 1.18 bits per heavy atom. The second-order valence-corrected chi connectivity index (χ2v) is 5.06. The van der Waals surface area contributed by atoms with Crippen LogP contribution in [0.2, 0.25) is 0 Å². The van der Waals surface area contributed by atoms with Gasteiger partial charge in [0.05, 0.1) is 5.92 Å². The summed E-state index contributed by atoms with van der Waals surface area (Å²) < 4.78 is 11.4. The van der Waals surface area contributed by atoms with E-state index in [1.807, 2.05) is 43.3 Å². The van der Waals surface area contributed by atoms with Crippen molar-refractivity contribution in [3.63, 3.8) is 0 Å². The largest absolute Gasteiger partial charge is 0.452 e. The van der Waals surface area contributed by atoms with E-state index in [1.54, 1.807) is 0 Å². The number of carbonyl (C=O) groups is 1. The summed E-state index contributed by atoms with van der Waals surface area (Å²) in [6, 6.07) is 10.0. The minimum atomic E-state index is -0.792. The van der Waals surface area contributed by atoms with Gasteiger partial charge in [-0.05, 0) is 18.6 Å². The van der Waals surface area contributed by atoms with Gasteiger partial charge in [-0.1, -0.05) is 36.4 Å². The van der Waals surface area contributed by atoms with Gasteiger partial charge >= 0.3 is 5.97 Å². The molecule has 0 amide bonds. The highest BCUT2D eigenvalue weighted by Crippen LogP contribution is 2.63. The Morgan fingerprint density at radius 2 is 1.94 bits per heavy atom. The number of esters is 1. The van der Waals surface area contributed by atoms with Crippen LogP contribution in [0.5, 0.6) is 0 Å². The summed E-state index contributed by atoms with van der Waals surface area (Å²) in [6.07, 6.45) is 3.74. The van der Waals surface area contributed by atoms with E-state index >= 15 is 0 Å². The summed E-state index contributed by atoms with van der Waals surface area (Å²) in [7, 11) is 0. The van der Waals surface area contributed by atoms with E-state index in [0.29, 0.717) is 0 Å². The normalized spacial score (nSPS) is 45.4. The second kappa shape index (κ2) is 2.62. The average molecular weight is 228 g/mol. The van der Waals surface area contributed by atoms with E-state index in [2.05, 4.69) is 6.08 Å². The number of benzene rings is 1. The molecule has 0 saturated carbocycles. The lowest BCUT2D eigenvalue weighted by molar-refractivity contribution is -0.354. The van der Waals surface area contributed by atoms with Crippen molar-refractivity contribution < 1.29 is 14.3 Å². The minimum absolute atomic E-state index is 0.101. The summed E-state index contributed by atoms with van der Waals surface area (Å²) in [4.78, 5) is 11.8. The molecule has 5 rings (SSSR count). The summed E-state index contributed by atoms with van der Waals surface area (Å²) >= 11 is 0. The summed E-state index contributed by atoms with van der Waals surface area (Å²) in [6.45, 7) is 1.81. The fourth-order valence-corrected chi connectivity index (χ4v) is 3.37. The van der Waals surface area contributed by atoms with Gasteiger partial charge in [0.2, 0.25) is 0 Å². The van der Waals surface area contributed by atoms with Gasteiger partial charge in [0.1, 0.15) is 5.60 Å². The van der Waals surface area contributed by atoms with Gasteiger partial charge in [0, 0.05) is 0 Å². The highest BCUT2D eigenvalue weighted by Gasteiger charge is 2.76. The lowest BCUT2D eigenvalue weighted by Crippen LogP contribution is -2.75. The van der Waals surface area contributed by atoms with E-state index in [1.165, 1.54) is 0 Å². The van der Waals surface area contributed by atoms with Gasteiger partial charge in [0.15, 0.2) is 11.7 Å². The van der Waals surface area contributed by atoms with Crippen molar-refractivity contribution in [3.8, 4) is 0 Å². The van der Waals surface area contributed by atoms with Gasteiger partial charge in [-0.3, -0.25) is 0 Å². The molecule has 0 N–H and O–H groups in total. The van der Waals surface area contributed by atoms with Crippen molar-refractivity contribution in [3.05, 3.63) is 48.0 Å². The molecule has 3 nitrogen and oxygen atoms in total. The lowest BCUT2D eigenvalue weighted by Gasteiger charge is -2.61. The number of rotatable bonds is 1. The molecule has 3 fully saturated rings. The summed E-state index contributed by atoms with van der Waals surface area (Å²) in [5, 5.41) is 0. The minimum Gasteiger partial charge on any atom is -0.452 e. The Kier molecular flexibility index (Phi) is 1.45. The molecule has 0 spiro atoms. The van der Waals surface area contributed by atoms with Crippen molar-refractivity contribution in [1.29, 1.82) is 0 Å². The predicted molar refractivity (Wildman–Crippen MR) is 60.1 cm³/mol. The van der Waals surface area contributed by atoms with Crippen LogP contribution in [0.4, 0.5) is 0 Å². The highest BCUT2D eigenvalue weighted by molar-refractivity contribution is 5.85. The maximum Gasteiger partial charge on any atom is 0.339 e. The van der Waals surface area contributed by atoms with Gasteiger partial charge in [-0.15, -0.1) is 0 Å². The van der Waals surface area contributed by atoms with Gasteiger partial charge < -0.3 is 9.47 Å². The number of ether oxygens (including phenoxy) is 2. The molecule has 4 unspecified atom stereocenters. The number of fused-ring (bicyclic) bond motifs is 1. The second-order valence-electron chi connectivity index (χ2n) is 5.06. The molecule has 0 radical (unpaired) electrons. The lowest BCUT2D eigenvalue weighted by atomic mass is 9.65. The van der Waals surface area contributed by atoms with E-state index < -0.39 is 11.2 Å². The fourth-order valence-electron chi connectivity index (χ4n) is 3.37. The summed E-state index contributed by atoms with van der Waals surface area (Å²) in [5.41, 5.74) is -0.173. The molecule has 1 aromatic rings. The maximum atomic E-state index is 11.8. The molecule has 4 aliphatic rings. The quantitative estimate of drug-likeness (QED) is 0.543. The third-order valence-electron chi connectivity index (χ3n) is 4.20. The van der Waals surface area contributed by atoms with Gasteiger partial charge in [-0.2, -0.15) is 0 Å². The number of carbonyl (C=O) groups excluding carboxylic acids is 1. The topological polar surface area (TPSA) is 35.5 Å². The number of hydrogen-bond acceptors (Lipinski definition) is 3. The van der Waals surface area contributed by atoms with Gasteiger partial charge in [0.25, 0.3) is 0 Å². The standard InChI is InChI=1S/C14H12O3/c1-13-10-7-8-11(16-12(13)15)14(10,17-13)9-5-3-2-4-6-9/h2-8,10-11H,1H3. The monoisotopic (exact) mass is 228 g/mol. The first-order chi connectivity index (χ1) is 8.18. The van der Waals surface area contributed by atoms with Crippen molar-refractivity contribution >= 4 is 5.97 Å². The molecule has 4 atom stereocenters. The Balaban J connectivity index is 1.87. The SMILES string of the molecule is CC12OC3(c4ccccc4)C(C=CC13)OC2=O. The average Bonchev–Trinajstić information content (AvgIpc) is 2.58. The molecular formula is C14H12O3. The molecule has 3 heterocycles. The first-order valence-corrected chi connectivity index (χ1v) is 5.83. The van der Waals surface area contributed by atoms with Crippen LogP contribution in [0.3, 0.4) is 0 Å². The molecule has 17 heavy (non-hydrogen) atoms. The van der Waals surface area contributed by atoms with Crippen LogP contribution < -0.4 is 0 Å². The Bertz CT molecular complexity index is 536. The van der Waals surface area contributed by atoms with E-state index in [-0.39, 0.29) is 18.0 Å². The first kappa shape index (κ1) is 9.42. The van der Waals surface area contributed by atoms with Crippen LogP contribution in [0.1, 0.15) is 12.5 Å². The molecule has 1 aromatic carbocycles. The predicted octanol–water partition coefficient (Wildman–Crippen LogP) is 1.78. The van der Waals surface area contributed by atoms with Crippen LogP contribution in [0, 0.1) is 5.92 Å². The van der Waals surface area contributed by atoms with Crippen molar-refractivity contribution in [2.75, 3.05) is 0 Å². The van der Waals surface area contributed by atoms with Crippen LogP contribution >= 0.6 is 0 Å². The van der Waals surface area contributed by atoms with Crippen LogP contribution in [0.15, 0.2) is 42.5 Å². The first-order valence-electron chi connectivity index (χ1n) is 5.83. The Hall–Kier alpha value is -1.61. The van der Waals surface area contributed by atoms with Crippen molar-refractivity contribution in [2.24, 2.45) is 5.92 Å². The molecule has 1 aliphatic carbocycles. The van der Waals surface area contributed by atoms with Crippen LogP contribution in [-0.2, 0) is 19.9 Å². The van der Waals surface area contributed by atoms with E-state index in [9.17, 15) is 4.79 Å². The van der Waals surface area contributed by atoms with Crippen LogP contribution in [0.25, 0.3) is 0 Å². The third-order valence-corrected chi connectivity index (χ3v) is 4.20. The third kappa shape index (κ3) is 0.836. The van der Waals surface area contributed by atoms with Crippen LogP contribution in [-0.4, -0.2) is 17.7 Å². The van der Waals surface area contributed by atoms with E-state index in [0.717, 1.165) is 5.56 Å². The maximum absolute atomic E-state index is 11.8. The zero-order valence-corrected chi connectivity index (χ0v) is 9.42. The molecular weight excluding hydrogens is 216 g/mol. The molecule has 3 aliphatic heterocycles. The Morgan fingerprint density at radius 3 is 2.71 bits per heavy atom. The molecule has 86 valence electrons. The van der Waals surface area contributed by atoms with E-state index in [4.69, 9.17) is 9.47 Å².